The number of methoxy groups -OCH3 is 1. The summed E-state index contributed by atoms with van der Waals surface area (Å²) in [6, 6.07) is 15.6. The molecule has 120 valence electrons. The highest BCUT2D eigenvalue weighted by atomic mass is 35.5. The molecule has 3 aromatic rings. The number of rotatable bonds is 4. The molecule has 0 spiro atoms. The van der Waals surface area contributed by atoms with Crippen LogP contribution in [0.3, 0.4) is 0 Å². The number of carbonyl (C=O) groups is 1. The zero-order valence-electron chi connectivity index (χ0n) is 12.8. The van der Waals surface area contributed by atoms with Crippen molar-refractivity contribution >= 4 is 33.4 Å². The fourth-order valence-corrected chi connectivity index (χ4v) is 2.49. The van der Waals surface area contributed by atoms with Crippen molar-refractivity contribution in [3.63, 3.8) is 0 Å². The van der Waals surface area contributed by atoms with Gasteiger partial charge in [0.15, 0.2) is 5.78 Å². The maximum Gasteiger partial charge on any atom is 0.347 e. The van der Waals surface area contributed by atoms with E-state index in [2.05, 4.69) is 0 Å². The first-order chi connectivity index (χ1) is 11.6. The number of allylic oxidation sites excluding steroid dienone is 1. The first-order valence-electron chi connectivity index (χ1n) is 7.17. The summed E-state index contributed by atoms with van der Waals surface area (Å²) >= 11 is 6.15. The lowest BCUT2D eigenvalue weighted by Gasteiger charge is -2.03. The van der Waals surface area contributed by atoms with Crippen molar-refractivity contribution in [2.75, 3.05) is 7.11 Å². The maximum absolute atomic E-state index is 12.4. The highest BCUT2D eigenvalue weighted by Crippen LogP contribution is 2.22. The van der Waals surface area contributed by atoms with Gasteiger partial charge in [0.2, 0.25) is 0 Å². The summed E-state index contributed by atoms with van der Waals surface area (Å²) in [5.74, 6) is 0.0621. The molecule has 24 heavy (non-hydrogen) atoms. The van der Waals surface area contributed by atoms with E-state index in [9.17, 15) is 9.59 Å². The molecule has 0 amide bonds. The standard InChI is InChI=1S/C19H13ClO4/c1-23-14-8-7-13-9-15(19(22)24-18(13)10-14)17(21)11-16(20)12-5-3-2-4-6-12/h2-11H,1H3/b16-11-. The van der Waals surface area contributed by atoms with E-state index in [0.717, 1.165) is 0 Å². The molecule has 0 aliphatic carbocycles. The maximum atomic E-state index is 12.4. The summed E-state index contributed by atoms with van der Waals surface area (Å²) in [6.07, 6.45) is 1.22. The van der Waals surface area contributed by atoms with Gasteiger partial charge in [-0.05, 0) is 23.8 Å². The van der Waals surface area contributed by atoms with Gasteiger partial charge in [-0.2, -0.15) is 0 Å². The molecular weight excluding hydrogens is 328 g/mol. The van der Waals surface area contributed by atoms with Crippen LogP contribution in [0, 0.1) is 0 Å². The number of benzene rings is 2. The van der Waals surface area contributed by atoms with Crippen molar-refractivity contribution in [3.05, 3.63) is 82.2 Å². The van der Waals surface area contributed by atoms with Crippen LogP contribution in [0.15, 0.2) is 69.9 Å². The summed E-state index contributed by atoms with van der Waals surface area (Å²) in [6.45, 7) is 0. The molecule has 2 aromatic carbocycles. The Kier molecular flexibility index (Phi) is 4.49. The Morgan fingerprint density at radius 3 is 2.58 bits per heavy atom. The second-order valence-corrected chi connectivity index (χ2v) is 5.48. The molecule has 0 fully saturated rings. The molecule has 0 aliphatic rings. The second-order valence-electron chi connectivity index (χ2n) is 5.07. The van der Waals surface area contributed by atoms with Crippen molar-refractivity contribution in [1.82, 2.24) is 0 Å². The van der Waals surface area contributed by atoms with Crippen molar-refractivity contribution in [1.29, 1.82) is 0 Å². The normalized spacial score (nSPS) is 11.5. The van der Waals surface area contributed by atoms with E-state index >= 15 is 0 Å². The van der Waals surface area contributed by atoms with Crippen molar-refractivity contribution in [2.45, 2.75) is 0 Å². The Hall–Kier alpha value is -2.85. The van der Waals surface area contributed by atoms with E-state index in [4.69, 9.17) is 20.8 Å². The molecule has 1 heterocycles. The SMILES string of the molecule is COc1ccc2cc(C(=O)/C=C(\Cl)c3ccccc3)c(=O)oc2c1. The zero-order chi connectivity index (χ0) is 17.1. The van der Waals surface area contributed by atoms with Crippen LogP contribution in [0.25, 0.3) is 16.0 Å². The van der Waals surface area contributed by atoms with Crippen LogP contribution in [-0.2, 0) is 0 Å². The minimum absolute atomic E-state index is 0.0678. The number of halogens is 1. The molecule has 0 saturated carbocycles. The smallest absolute Gasteiger partial charge is 0.347 e. The van der Waals surface area contributed by atoms with E-state index in [0.29, 0.717) is 22.3 Å². The molecule has 0 radical (unpaired) electrons. The average molecular weight is 341 g/mol. The summed E-state index contributed by atoms with van der Waals surface area (Å²) in [5, 5.41) is 0.887. The topological polar surface area (TPSA) is 56.5 Å². The van der Waals surface area contributed by atoms with Gasteiger partial charge >= 0.3 is 5.63 Å². The van der Waals surface area contributed by atoms with E-state index < -0.39 is 11.4 Å². The van der Waals surface area contributed by atoms with E-state index in [1.807, 2.05) is 18.2 Å². The van der Waals surface area contributed by atoms with Gasteiger partial charge < -0.3 is 9.15 Å². The Labute approximate surface area is 142 Å². The van der Waals surface area contributed by atoms with Gasteiger partial charge in [-0.25, -0.2) is 4.79 Å². The number of hydrogen-bond acceptors (Lipinski definition) is 4. The van der Waals surface area contributed by atoms with Gasteiger partial charge in [0.05, 0.1) is 12.1 Å². The van der Waals surface area contributed by atoms with Crippen LogP contribution in [0.4, 0.5) is 0 Å². The van der Waals surface area contributed by atoms with Crippen LogP contribution in [-0.4, -0.2) is 12.9 Å². The molecule has 0 aliphatic heterocycles. The summed E-state index contributed by atoms with van der Waals surface area (Å²) in [7, 11) is 1.52. The van der Waals surface area contributed by atoms with Gasteiger partial charge in [-0.3, -0.25) is 4.79 Å². The molecule has 1 aromatic heterocycles. The third-order valence-corrected chi connectivity index (χ3v) is 3.84. The highest BCUT2D eigenvalue weighted by molar-refractivity contribution is 6.50. The predicted molar refractivity (Wildman–Crippen MR) is 93.6 cm³/mol. The molecule has 0 atom stereocenters. The number of fused-ring (bicyclic) bond motifs is 1. The molecule has 0 unspecified atom stereocenters. The van der Waals surface area contributed by atoms with Crippen LogP contribution in [0.5, 0.6) is 5.75 Å². The molecule has 4 nitrogen and oxygen atoms in total. The highest BCUT2D eigenvalue weighted by Gasteiger charge is 2.13. The third kappa shape index (κ3) is 3.24. The predicted octanol–water partition coefficient (Wildman–Crippen LogP) is 4.26. The Balaban J connectivity index is 2.01. The van der Waals surface area contributed by atoms with Crippen molar-refractivity contribution < 1.29 is 13.9 Å². The summed E-state index contributed by atoms with van der Waals surface area (Å²) < 4.78 is 10.3. The minimum atomic E-state index is -0.713. The van der Waals surface area contributed by atoms with Crippen LogP contribution >= 0.6 is 11.6 Å². The van der Waals surface area contributed by atoms with Gasteiger partial charge in [-0.15, -0.1) is 0 Å². The van der Waals surface area contributed by atoms with Crippen molar-refractivity contribution in [2.24, 2.45) is 0 Å². The lowest BCUT2D eigenvalue weighted by atomic mass is 10.1. The quantitative estimate of drug-likeness (QED) is 0.404. The third-order valence-electron chi connectivity index (χ3n) is 3.52. The first-order valence-corrected chi connectivity index (χ1v) is 7.55. The van der Waals surface area contributed by atoms with Gasteiger partial charge in [-0.1, -0.05) is 41.9 Å². The van der Waals surface area contributed by atoms with Gasteiger partial charge in [0, 0.05) is 17.5 Å². The molecule has 0 N–H and O–H groups in total. The van der Waals surface area contributed by atoms with Crippen molar-refractivity contribution in [3.8, 4) is 5.75 Å². The molecule has 5 heteroatoms. The largest absolute Gasteiger partial charge is 0.497 e. The van der Waals surface area contributed by atoms with Crippen LogP contribution in [0.1, 0.15) is 15.9 Å². The number of ketones is 1. The van der Waals surface area contributed by atoms with Crippen LogP contribution in [0.2, 0.25) is 0 Å². The Morgan fingerprint density at radius 2 is 1.88 bits per heavy atom. The van der Waals surface area contributed by atoms with Gasteiger partial charge in [0.25, 0.3) is 0 Å². The van der Waals surface area contributed by atoms with Gasteiger partial charge in [0.1, 0.15) is 16.9 Å². The van der Waals surface area contributed by atoms with E-state index in [-0.39, 0.29) is 10.6 Å². The zero-order valence-corrected chi connectivity index (χ0v) is 13.5. The number of hydrogen-bond donors (Lipinski definition) is 0. The first kappa shape index (κ1) is 16.0. The van der Waals surface area contributed by atoms with E-state index in [1.54, 1.807) is 30.3 Å². The number of ether oxygens (including phenoxy) is 1. The molecule has 3 rings (SSSR count). The lowest BCUT2D eigenvalue weighted by molar-refractivity contribution is 0.104. The molecule has 0 bridgehead atoms. The molecular formula is C19H13ClO4. The second kappa shape index (κ2) is 6.72. The monoisotopic (exact) mass is 340 g/mol. The van der Waals surface area contributed by atoms with E-state index in [1.165, 1.54) is 19.3 Å². The lowest BCUT2D eigenvalue weighted by Crippen LogP contribution is -2.12. The molecule has 0 saturated heterocycles. The van der Waals surface area contributed by atoms with Crippen LogP contribution < -0.4 is 10.4 Å². The summed E-state index contributed by atoms with van der Waals surface area (Å²) in [5.41, 5.74) is 0.271. The fourth-order valence-electron chi connectivity index (χ4n) is 2.26. The Bertz CT molecular complexity index is 987. The average Bonchev–Trinajstić information content (AvgIpc) is 2.61. The number of carbonyl (C=O) groups excluding carboxylic acids is 1. The minimum Gasteiger partial charge on any atom is -0.497 e. The Morgan fingerprint density at radius 1 is 1.12 bits per heavy atom. The fraction of sp³-hybridized carbons (Fsp3) is 0.0526. The summed E-state index contributed by atoms with van der Waals surface area (Å²) in [4.78, 5) is 24.5.